The Morgan fingerprint density at radius 3 is 1.38 bits per heavy atom. The van der Waals surface area contributed by atoms with E-state index in [1.54, 1.807) is 32.2 Å². The molecule has 0 spiro atoms. The molecule has 11 nitrogen and oxygen atoms in total. The average Bonchev–Trinajstić information content (AvgIpc) is 3.06. The predicted octanol–water partition coefficient (Wildman–Crippen LogP) is 6.77. The van der Waals surface area contributed by atoms with Crippen molar-refractivity contribution < 1.29 is 42.5 Å². The molecule has 0 aliphatic heterocycles. The van der Waals surface area contributed by atoms with Crippen LogP contribution in [0.5, 0.6) is 0 Å². The Hall–Kier alpha value is -4.36. The molecule has 0 aliphatic carbocycles. The summed E-state index contributed by atoms with van der Waals surface area (Å²) >= 11 is 0. The fourth-order valence-electron chi connectivity index (χ4n) is 3.05. The van der Waals surface area contributed by atoms with E-state index < -0.39 is 0 Å². The first-order chi connectivity index (χ1) is 22.6. The van der Waals surface area contributed by atoms with Crippen LogP contribution in [0.15, 0.2) is 64.0 Å². The topological polar surface area (TPSA) is 151 Å². The first-order valence-electron chi connectivity index (χ1n) is 15.4. The molecule has 2 N–H and O–H groups in total. The zero-order chi connectivity index (χ0) is 35.1. The van der Waals surface area contributed by atoms with Gasteiger partial charge in [-0.15, -0.1) is 0 Å². The van der Waals surface area contributed by atoms with Crippen LogP contribution in [-0.2, 0) is 28.9 Å². The van der Waals surface area contributed by atoms with Crippen LogP contribution in [0.1, 0.15) is 95.0 Å². The largest absolute Gasteiger partial charge is 0.396 e. The van der Waals surface area contributed by atoms with Crippen molar-refractivity contribution in [3.63, 3.8) is 0 Å². The van der Waals surface area contributed by atoms with Gasteiger partial charge in [0.1, 0.15) is 49.2 Å². The third kappa shape index (κ3) is 26.6. The summed E-state index contributed by atoms with van der Waals surface area (Å²) in [5.74, 6) is 4.15. The van der Waals surface area contributed by atoms with E-state index in [1.165, 1.54) is 50.2 Å². The van der Waals surface area contributed by atoms with Crippen molar-refractivity contribution in [2.75, 3.05) is 26.4 Å². The lowest BCUT2D eigenvalue weighted by molar-refractivity contribution is -0.112. The number of benzene rings is 2. The summed E-state index contributed by atoms with van der Waals surface area (Å²) in [6.07, 6.45) is 10.0. The Balaban J connectivity index is 0.000000751. The van der Waals surface area contributed by atoms with Crippen molar-refractivity contribution in [2.45, 2.75) is 79.1 Å². The highest BCUT2D eigenvalue weighted by atomic mass is 19.1. The van der Waals surface area contributed by atoms with Gasteiger partial charge in [0, 0.05) is 19.4 Å². The summed E-state index contributed by atoms with van der Waals surface area (Å²) in [6, 6.07) is 11.4. The van der Waals surface area contributed by atoms with E-state index in [2.05, 4.69) is 20.3 Å². The van der Waals surface area contributed by atoms with E-state index in [-0.39, 0.29) is 23.2 Å². The Morgan fingerprint density at radius 1 is 0.617 bits per heavy atom. The first-order valence-corrected chi connectivity index (χ1v) is 15.4. The first kappa shape index (κ1) is 42.6. The van der Waals surface area contributed by atoms with Crippen molar-refractivity contribution in [3.05, 3.63) is 71.3 Å². The average molecular weight is 663 g/mol. The lowest BCUT2D eigenvalue weighted by atomic mass is 10.2. The van der Waals surface area contributed by atoms with Crippen LogP contribution in [0.25, 0.3) is 0 Å². The zero-order valence-corrected chi connectivity index (χ0v) is 27.8. The number of halogens is 2. The van der Waals surface area contributed by atoms with E-state index in [9.17, 15) is 23.2 Å². The number of hydrogen-bond donors (Lipinski definition) is 1. The van der Waals surface area contributed by atoms with Gasteiger partial charge in [-0.3, -0.25) is 14.4 Å². The lowest BCUT2D eigenvalue weighted by Crippen LogP contribution is -2.05. The van der Waals surface area contributed by atoms with Crippen LogP contribution in [0.3, 0.4) is 0 Å². The molecule has 0 unspecified atom stereocenters. The molecule has 0 heterocycles. The molecule has 0 saturated heterocycles. The highest BCUT2D eigenvalue weighted by Crippen LogP contribution is 2.03. The second-order valence-corrected chi connectivity index (χ2v) is 10.1. The minimum absolute atomic E-state index is 0.0601. The second-order valence-electron chi connectivity index (χ2n) is 10.1. The highest BCUT2D eigenvalue weighted by Gasteiger charge is 1.99. The predicted molar refractivity (Wildman–Crippen MR) is 178 cm³/mol. The molecule has 0 atom stereocenters. The van der Waals surface area contributed by atoms with Gasteiger partial charge in [0.25, 0.3) is 0 Å². The molecule has 2 aromatic carbocycles. The van der Waals surface area contributed by atoms with Crippen molar-refractivity contribution in [1.29, 1.82) is 0 Å². The molecule has 0 aromatic heterocycles. The normalized spacial score (nSPS) is 11.1. The van der Waals surface area contributed by atoms with Gasteiger partial charge in [0.05, 0.1) is 12.8 Å². The number of hydrogen-bond acceptors (Lipinski definition) is 11. The number of nitrogens with zero attached hydrogens (tertiary/aromatic N) is 3. The minimum Gasteiger partial charge on any atom is -0.396 e. The molecule has 0 aliphatic rings. The maximum absolute atomic E-state index is 12.7. The molecule has 2 aromatic rings. The molecule has 2 rings (SSSR count). The SMILES string of the molecule is CC(=O)/C(C)=N/OCCCCCCO/N=C/c1ccc(F)cc1.CC(=O)/C(C)=N/OCCCCCCON.O=Cc1ccc(F)cc1. The summed E-state index contributed by atoms with van der Waals surface area (Å²) < 4.78 is 24.8. The standard InChI is InChI=1S/C17H23FN2O3.C10H20N2O3.C7H5FO/c1-14(15(2)21)20-23-12-6-4-3-5-11-22-19-13-16-7-9-17(18)10-8-16;1-9(10(2)13)12-15-8-6-4-3-5-7-14-11;8-7-3-1-6(5-9)2-4-7/h7-10,13H,3-6,11-12H2,1-2H3;3-8,11H2,1-2H3;1-5H/b19-13+,20-14+;12-9+;. The number of nitrogens with two attached hydrogens (primary N) is 1. The molecule has 0 radical (unpaired) electrons. The van der Waals surface area contributed by atoms with Gasteiger partial charge in [-0.05, 0) is 101 Å². The number of carbonyl (C=O) groups is 3. The van der Waals surface area contributed by atoms with Gasteiger partial charge in [0.2, 0.25) is 0 Å². The Bertz CT molecular complexity index is 1220. The Labute approximate surface area is 276 Å². The zero-order valence-electron chi connectivity index (χ0n) is 27.8. The van der Waals surface area contributed by atoms with E-state index >= 15 is 0 Å². The van der Waals surface area contributed by atoms with Crippen LogP contribution < -0.4 is 5.90 Å². The monoisotopic (exact) mass is 662 g/mol. The number of rotatable bonds is 21. The van der Waals surface area contributed by atoms with Crippen LogP contribution in [-0.4, -0.2) is 61.9 Å². The molecule has 47 heavy (non-hydrogen) atoms. The summed E-state index contributed by atoms with van der Waals surface area (Å²) in [4.78, 5) is 51.2. The van der Waals surface area contributed by atoms with Crippen LogP contribution in [0.4, 0.5) is 8.78 Å². The van der Waals surface area contributed by atoms with Gasteiger partial charge in [-0.25, -0.2) is 14.7 Å². The van der Waals surface area contributed by atoms with Gasteiger partial charge >= 0.3 is 0 Å². The van der Waals surface area contributed by atoms with Crippen LogP contribution in [0.2, 0.25) is 0 Å². The smallest absolute Gasteiger partial charge is 0.177 e. The molecule has 0 saturated carbocycles. The molecule has 0 bridgehead atoms. The van der Waals surface area contributed by atoms with Gasteiger partial charge in [-0.2, -0.15) is 0 Å². The Morgan fingerprint density at radius 2 is 1.00 bits per heavy atom. The molecule has 260 valence electrons. The number of ketones is 2. The van der Waals surface area contributed by atoms with Crippen LogP contribution in [0, 0.1) is 11.6 Å². The molecule has 0 fully saturated rings. The minimum atomic E-state index is -0.319. The highest BCUT2D eigenvalue weighted by molar-refractivity contribution is 6.38. The van der Waals surface area contributed by atoms with Crippen molar-refractivity contribution in [3.8, 4) is 0 Å². The van der Waals surface area contributed by atoms with Gasteiger partial charge < -0.3 is 19.4 Å². The second kappa shape index (κ2) is 29.1. The number of Topliss-reactive ketones (excluding diaryl/α,β-unsaturated/α-hetero) is 2. The summed E-state index contributed by atoms with van der Waals surface area (Å²) in [5, 5.41) is 11.2. The number of aldehydes is 1. The lowest BCUT2D eigenvalue weighted by Gasteiger charge is -2.01. The molecular formula is C34H48F2N4O7. The third-order valence-electron chi connectivity index (χ3n) is 6.04. The number of carbonyl (C=O) groups excluding carboxylic acids is 3. The van der Waals surface area contributed by atoms with E-state index in [0.717, 1.165) is 56.9 Å². The van der Waals surface area contributed by atoms with E-state index in [1.807, 2.05) is 0 Å². The van der Waals surface area contributed by atoms with E-state index in [0.29, 0.717) is 49.7 Å². The summed E-state index contributed by atoms with van der Waals surface area (Å²) in [5.41, 5.74) is 2.09. The molecule has 0 amide bonds. The number of oxime groups is 3. The fourth-order valence-corrected chi connectivity index (χ4v) is 3.05. The molecular weight excluding hydrogens is 614 g/mol. The van der Waals surface area contributed by atoms with Crippen molar-refractivity contribution in [1.82, 2.24) is 0 Å². The van der Waals surface area contributed by atoms with Crippen molar-refractivity contribution >= 4 is 35.5 Å². The van der Waals surface area contributed by atoms with Gasteiger partial charge in [-0.1, -0.05) is 34.0 Å². The quantitative estimate of drug-likeness (QED) is 0.0665. The maximum atomic E-state index is 12.7. The Kier molecular flexibility index (Phi) is 26.4. The molecule has 13 heteroatoms. The van der Waals surface area contributed by atoms with E-state index in [4.69, 9.17) is 20.4 Å². The van der Waals surface area contributed by atoms with Crippen molar-refractivity contribution in [2.24, 2.45) is 21.4 Å². The third-order valence-corrected chi connectivity index (χ3v) is 6.04. The maximum Gasteiger partial charge on any atom is 0.177 e. The summed E-state index contributed by atoms with van der Waals surface area (Å²) in [6.45, 7) is 8.40. The van der Waals surface area contributed by atoms with Gasteiger partial charge in [0.15, 0.2) is 11.6 Å². The fraction of sp³-hybridized carbons (Fsp3) is 0.471. The number of unbranched alkanes of at least 4 members (excludes halogenated alkanes) is 6. The summed E-state index contributed by atoms with van der Waals surface area (Å²) in [7, 11) is 0. The van der Waals surface area contributed by atoms with Crippen LogP contribution >= 0.6 is 0 Å².